The predicted molar refractivity (Wildman–Crippen MR) is 106 cm³/mol. The topological polar surface area (TPSA) is 94.8 Å². The van der Waals surface area contributed by atoms with Crippen molar-refractivity contribution in [3.8, 4) is 0 Å². The van der Waals surface area contributed by atoms with Gasteiger partial charge in [0.2, 0.25) is 0 Å². The molecule has 0 spiro atoms. The Kier molecular flexibility index (Phi) is 6.10. The lowest BCUT2D eigenvalue weighted by atomic mass is 10.1. The van der Waals surface area contributed by atoms with Crippen molar-refractivity contribution in [3.05, 3.63) is 74.6 Å². The van der Waals surface area contributed by atoms with Crippen LogP contribution in [0.4, 0.5) is 10.5 Å². The van der Waals surface area contributed by atoms with Crippen molar-refractivity contribution < 1.29 is 23.5 Å². The molecule has 1 heterocycles. The predicted octanol–water partition coefficient (Wildman–Crippen LogP) is 4.48. The summed E-state index contributed by atoms with van der Waals surface area (Å²) in [6, 6.07) is 13.0. The highest BCUT2D eigenvalue weighted by Crippen LogP contribution is 2.23. The van der Waals surface area contributed by atoms with Crippen molar-refractivity contribution >= 4 is 44.6 Å². The summed E-state index contributed by atoms with van der Waals surface area (Å²) in [5.41, 5.74) is 0.961. The second kappa shape index (κ2) is 8.71. The largest absolute Gasteiger partial charge is 0.457 e. The van der Waals surface area contributed by atoms with Crippen molar-refractivity contribution in [2.45, 2.75) is 13.5 Å². The second-order valence-corrected chi connectivity index (χ2v) is 6.56. The Morgan fingerprint density at radius 2 is 1.89 bits per heavy atom. The molecule has 0 bridgehead atoms. The van der Waals surface area contributed by atoms with Crippen LogP contribution in [0.5, 0.6) is 0 Å². The summed E-state index contributed by atoms with van der Waals surface area (Å²) in [6.07, 6.45) is -0.609. The van der Waals surface area contributed by atoms with Gasteiger partial charge in [-0.25, -0.2) is 14.4 Å². The van der Waals surface area contributed by atoms with Crippen LogP contribution in [0.3, 0.4) is 0 Å². The monoisotopic (exact) mass is 445 g/mol. The molecule has 0 radical (unpaired) electrons. The highest BCUT2D eigenvalue weighted by atomic mass is 79.9. The minimum absolute atomic E-state index is 0.104. The zero-order chi connectivity index (χ0) is 20.1. The molecule has 2 aromatic carbocycles. The first-order valence-corrected chi connectivity index (χ1v) is 9.19. The first-order chi connectivity index (χ1) is 13.5. The SMILES string of the molecule is CCOC(=O)Nc1ccc2c(COC(=O)c3ccccc3Br)cc(=O)oc2c1. The molecule has 0 aliphatic rings. The highest BCUT2D eigenvalue weighted by Gasteiger charge is 2.13. The van der Waals surface area contributed by atoms with Crippen LogP contribution < -0.4 is 10.9 Å². The van der Waals surface area contributed by atoms with E-state index >= 15 is 0 Å². The molecule has 1 aromatic heterocycles. The van der Waals surface area contributed by atoms with Crippen LogP contribution in [0.25, 0.3) is 11.0 Å². The van der Waals surface area contributed by atoms with Gasteiger partial charge in [-0.05, 0) is 47.1 Å². The fourth-order valence-electron chi connectivity index (χ4n) is 2.56. The number of nitrogens with one attached hydrogen (secondary N) is 1. The molecule has 144 valence electrons. The van der Waals surface area contributed by atoms with Gasteiger partial charge in [-0.1, -0.05) is 12.1 Å². The van der Waals surface area contributed by atoms with E-state index < -0.39 is 17.7 Å². The van der Waals surface area contributed by atoms with E-state index in [4.69, 9.17) is 13.9 Å². The summed E-state index contributed by atoms with van der Waals surface area (Å²) in [4.78, 5) is 35.7. The molecule has 1 N–H and O–H groups in total. The summed E-state index contributed by atoms with van der Waals surface area (Å²) in [5.74, 6) is -0.519. The summed E-state index contributed by atoms with van der Waals surface area (Å²) < 4.78 is 16.0. The number of hydrogen-bond acceptors (Lipinski definition) is 6. The number of carbonyl (C=O) groups excluding carboxylic acids is 2. The van der Waals surface area contributed by atoms with Gasteiger partial charge in [-0.15, -0.1) is 0 Å². The van der Waals surface area contributed by atoms with Gasteiger partial charge in [0.05, 0.1) is 12.2 Å². The van der Waals surface area contributed by atoms with Gasteiger partial charge in [0, 0.05) is 33.2 Å². The van der Waals surface area contributed by atoms with E-state index in [0.29, 0.717) is 26.7 Å². The Morgan fingerprint density at radius 1 is 1.11 bits per heavy atom. The molecule has 0 aliphatic heterocycles. The van der Waals surface area contributed by atoms with Crippen molar-refractivity contribution in [3.63, 3.8) is 0 Å². The van der Waals surface area contributed by atoms with Crippen molar-refractivity contribution in [2.75, 3.05) is 11.9 Å². The van der Waals surface area contributed by atoms with Crippen molar-refractivity contribution in [1.29, 1.82) is 0 Å². The van der Waals surface area contributed by atoms with Gasteiger partial charge in [0.25, 0.3) is 0 Å². The van der Waals surface area contributed by atoms with E-state index in [0.717, 1.165) is 0 Å². The quantitative estimate of drug-likeness (QED) is 0.459. The van der Waals surface area contributed by atoms with Crippen molar-refractivity contribution in [2.24, 2.45) is 0 Å². The van der Waals surface area contributed by atoms with Gasteiger partial charge in [-0.3, -0.25) is 5.32 Å². The summed E-state index contributed by atoms with van der Waals surface area (Å²) in [6.45, 7) is 1.83. The second-order valence-electron chi connectivity index (χ2n) is 5.70. The van der Waals surface area contributed by atoms with Gasteiger partial charge in [0.1, 0.15) is 12.2 Å². The number of benzene rings is 2. The lowest BCUT2D eigenvalue weighted by Gasteiger charge is -2.10. The normalized spacial score (nSPS) is 10.5. The van der Waals surface area contributed by atoms with E-state index in [1.807, 2.05) is 0 Å². The third-order valence-electron chi connectivity index (χ3n) is 3.80. The number of halogens is 1. The van der Waals surface area contributed by atoms with Crippen LogP contribution in [-0.2, 0) is 16.1 Å². The Bertz CT molecular complexity index is 1090. The molecule has 0 fully saturated rings. The average molecular weight is 446 g/mol. The highest BCUT2D eigenvalue weighted by molar-refractivity contribution is 9.10. The van der Waals surface area contributed by atoms with Crippen LogP contribution in [0.15, 0.2) is 62.2 Å². The van der Waals surface area contributed by atoms with Crippen LogP contribution in [0.2, 0.25) is 0 Å². The Hall–Kier alpha value is -3.13. The molecule has 28 heavy (non-hydrogen) atoms. The molecule has 0 aliphatic carbocycles. The van der Waals surface area contributed by atoms with Crippen LogP contribution >= 0.6 is 15.9 Å². The number of ether oxygens (including phenoxy) is 2. The number of carbonyl (C=O) groups is 2. The number of amides is 1. The Morgan fingerprint density at radius 3 is 2.64 bits per heavy atom. The number of rotatable bonds is 5. The first-order valence-electron chi connectivity index (χ1n) is 8.40. The number of anilines is 1. The molecular formula is C20H16BrNO6. The van der Waals surface area contributed by atoms with E-state index in [1.54, 1.807) is 43.3 Å². The number of fused-ring (bicyclic) bond motifs is 1. The third kappa shape index (κ3) is 4.58. The molecule has 7 nitrogen and oxygen atoms in total. The minimum Gasteiger partial charge on any atom is -0.457 e. The lowest BCUT2D eigenvalue weighted by Crippen LogP contribution is -2.13. The molecular weight excluding hydrogens is 430 g/mol. The van der Waals surface area contributed by atoms with Gasteiger partial charge in [-0.2, -0.15) is 0 Å². The average Bonchev–Trinajstić information content (AvgIpc) is 2.66. The fraction of sp³-hybridized carbons (Fsp3) is 0.150. The molecule has 0 saturated carbocycles. The molecule has 0 atom stereocenters. The van der Waals surface area contributed by atoms with E-state index in [-0.39, 0.29) is 18.8 Å². The molecule has 3 rings (SSSR count). The fourth-order valence-corrected chi connectivity index (χ4v) is 3.01. The molecule has 0 unspecified atom stereocenters. The van der Waals surface area contributed by atoms with E-state index in [1.165, 1.54) is 12.1 Å². The van der Waals surface area contributed by atoms with Gasteiger partial charge < -0.3 is 13.9 Å². The van der Waals surface area contributed by atoms with Gasteiger partial charge in [0.15, 0.2) is 0 Å². The Balaban J connectivity index is 1.83. The molecule has 8 heteroatoms. The van der Waals surface area contributed by atoms with Crippen LogP contribution in [0.1, 0.15) is 22.8 Å². The first kappa shape index (κ1) is 19.6. The number of hydrogen-bond donors (Lipinski definition) is 1. The zero-order valence-corrected chi connectivity index (χ0v) is 16.4. The maximum atomic E-state index is 12.3. The maximum Gasteiger partial charge on any atom is 0.411 e. The molecule has 3 aromatic rings. The van der Waals surface area contributed by atoms with E-state index in [9.17, 15) is 14.4 Å². The Labute approximate surface area is 168 Å². The number of esters is 1. The minimum atomic E-state index is -0.609. The standard InChI is InChI=1S/C20H16BrNO6/c1-2-26-20(25)22-13-7-8-14-12(9-18(23)28-17(14)10-13)11-27-19(24)15-5-3-4-6-16(15)21/h3-10H,2,11H2,1H3,(H,22,25). The van der Waals surface area contributed by atoms with E-state index in [2.05, 4.69) is 21.2 Å². The van der Waals surface area contributed by atoms with Crippen molar-refractivity contribution in [1.82, 2.24) is 0 Å². The van der Waals surface area contributed by atoms with Crippen LogP contribution in [0, 0.1) is 0 Å². The summed E-state index contributed by atoms with van der Waals surface area (Å²) >= 11 is 3.30. The molecule has 1 amide bonds. The van der Waals surface area contributed by atoms with Crippen LogP contribution in [-0.4, -0.2) is 18.7 Å². The summed E-state index contributed by atoms with van der Waals surface area (Å²) in [5, 5.41) is 3.13. The third-order valence-corrected chi connectivity index (χ3v) is 4.50. The smallest absolute Gasteiger partial charge is 0.411 e. The van der Waals surface area contributed by atoms with Gasteiger partial charge >= 0.3 is 17.7 Å². The lowest BCUT2D eigenvalue weighted by molar-refractivity contribution is 0.0472. The molecule has 0 saturated heterocycles. The maximum absolute atomic E-state index is 12.3. The zero-order valence-electron chi connectivity index (χ0n) is 14.9. The summed E-state index contributed by atoms with van der Waals surface area (Å²) in [7, 11) is 0.